The van der Waals surface area contributed by atoms with Crippen LogP contribution in [0.1, 0.15) is 25.0 Å². The zero-order valence-electron chi connectivity index (χ0n) is 25.3. The summed E-state index contributed by atoms with van der Waals surface area (Å²) >= 11 is 0. The fourth-order valence-corrected chi connectivity index (χ4v) is 7.76. The molecule has 0 unspecified atom stereocenters. The summed E-state index contributed by atoms with van der Waals surface area (Å²) in [5, 5.41) is 0. The topological polar surface area (TPSA) is 19.1 Å². The highest BCUT2D eigenvalue weighted by Crippen LogP contribution is 2.47. The molecule has 4 heterocycles. The summed E-state index contributed by atoms with van der Waals surface area (Å²) in [5.74, 6) is 1.76. The van der Waals surface area contributed by atoms with Crippen molar-refractivity contribution in [1.29, 1.82) is 0 Å². The van der Waals surface area contributed by atoms with Gasteiger partial charge in [0, 0.05) is 16.8 Å². The number of nitrogens with zero attached hydrogens (tertiary/aromatic N) is 2. The zero-order chi connectivity index (χ0) is 30.1. The molecule has 0 N–H and O–H groups in total. The average Bonchev–Trinajstić information content (AvgIpc) is 3.65. The van der Waals surface area contributed by atoms with Crippen molar-refractivity contribution in [2.45, 2.75) is 19.3 Å². The van der Waals surface area contributed by atoms with E-state index in [1.807, 2.05) is 0 Å². The number of para-hydroxylation sites is 2. The highest BCUT2D eigenvalue weighted by atomic mass is 16.5. The Kier molecular flexibility index (Phi) is 5.64. The molecule has 4 heteroatoms. The molecule has 0 bridgehead atoms. The number of rotatable bonds is 4. The molecule has 0 saturated heterocycles. The van der Waals surface area contributed by atoms with E-state index in [0.717, 1.165) is 34.4 Å². The third kappa shape index (κ3) is 3.72. The zero-order valence-corrected chi connectivity index (χ0v) is 25.3. The second-order valence-electron chi connectivity index (χ2n) is 12.6. The quantitative estimate of drug-likeness (QED) is 0.195. The first-order chi connectivity index (χ1) is 22.1. The predicted octanol–water partition coefficient (Wildman–Crippen LogP) is 7.86. The first kappa shape index (κ1) is 26.0. The van der Waals surface area contributed by atoms with Crippen LogP contribution in [0.3, 0.4) is 0 Å². The maximum Gasteiger partial charge on any atom is 0.256 e. The minimum atomic E-state index is -0.256. The van der Waals surface area contributed by atoms with E-state index in [4.69, 9.17) is 4.74 Å². The Labute approximate surface area is 264 Å². The molecule has 0 aliphatic carbocycles. The number of hydrogen-bond donors (Lipinski definition) is 0. The van der Waals surface area contributed by atoms with Gasteiger partial charge in [-0.1, -0.05) is 141 Å². The largest absolute Gasteiger partial charge is 0.425 e. The molecule has 2 aliphatic rings. The van der Waals surface area contributed by atoms with Crippen molar-refractivity contribution < 1.29 is 4.74 Å². The van der Waals surface area contributed by atoms with Crippen molar-refractivity contribution >= 4 is 23.1 Å². The van der Waals surface area contributed by atoms with E-state index < -0.39 is 0 Å². The highest BCUT2D eigenvalue weighted by molar-refractivity contribution is 6.98. The third-order valence-electron chi connectivity index (χ3n) is 9.66. The van der Waals surface area contributed by atoms with Gasteiger partial charge in [-0.05, 0) is 63.5 Å². The van der Waals surface area contributed by atoms with Crippen LogP contribution in [0.2, 0.25) is 0 Å². The summed E-state index contributed by atoms with van der Waals surface area (Å²) in [5.41, 5.74) is 13.0. The lowest BCUT2D eigenvalue weighted by Crippen LogP contribution is -2.61. The van der Waals surface area contributed by atoms with Gasteiger partial charge >= 0.3 is 0 Å². The summed E-state index contributed by atoms with van der Waals surface area (Å²) in [6.07, 6.45) is 0. The SMILES string of the molecule is CC1(C)c2ccccc2B2c3cc(-c4ccccc4)n(-c4ccccc4)c3Oc3c2c1c(-c1ccccc1)n3-c1ccccc1. The van der Waals surface area contributed by atoms with Crippen LogP contribution < -0.4 is 21.1 Å². The van der Waals surface area contributed by atoms with Gasteiger partial charge in [-0.25, -0.2) is 0 Å². The van der Waals surface area contributed by atoms with Crippen LogP contribution in [-0.2, 0) is 5.41 Å². The molecule has 9 rings (SSSR count). The van der Waals surface area contributed by atoms with Crippen LogP contribution in [-0.4, -0.2) is 15.8 Å². The molecule has 2 aliphatic heterocycles. The summed E-state index contributed by atoms with van der Waals surface area (Å²) in [6.45, 7) is 4.77. The van der Waals surface area contributed by atoms with Crippen LogP contribution in [0.25, 0.3) is 33.9 Å². The Hall–Kier alpha value is -5.48. The Morgan fingerprint density at radius 1 is 0.533 bits per heavy atom. The fourth-order valence-electron chi connectivity index (χ4n) is 7.76. The van der Waals surface area contributed by atoms with Crippen LogP contribution >= 0.6 is 0 Å². The van der Waals surface area contributed by atoms with E-state index in [0.29, 0.717) is 0 Å². The van der Waals surface area contributed by atoms with Crippen molar-refractivity contribution in [1.82, 2.24) is 9.13 Å². The van der Waals surface area contributed by atoms with Gasteiger partial charge in [-0.3, -0.25) is 9.13 Å². The molecule has 0 saturated carbocycles. The van der Waals surface area contributed by atoms with Gasteiger partial charge in [-0.15, -0.1) is 0 Å². The van der Waals surface area contributed by atoms with Crippen LogP contribution in [0, 0.1) is 0 Å². The normalized spacial score (nSPS) is 13.9. The Morgan fingerprint density at radius 2 is 1.07 bits per heavy atom. The third-order valence-corrected chi connectivity index (χ3v) is 9.66. The summed E-state index contributed by atoms with van der Waals surface area (Å²) in [6, 6.07) is 54.2. The standard InChI is InChI=1S/C41H31BN2O/c1-41(2)32-25-15-16-26-33(32)42-34-27-35(28-17-7-3-8-18-28)43(30-21-11-5-12-22-30)39(34)45-40-37(42)36(41)38(29-19-9-4-10-20-29)44(40)31-23-13-6-14-24-31/h3-27H,1-2H3. The van der Waals surface area contributed by atoms with Crippen molar-refractivity contribution in [2.24, 2.45) is 0 Å². The lowest BCUT2D eigenvalue weighted by Gasteiger charge is -2.38. The highest BCUT2D eigenvalue weighted by Gasteiger charge is 2.50. The van der Waals surface area contributed by atoms with Crippen molar-refractivity contribution in [3.8, 4) is 45.6 Å². The molecule has 7 aromatic rings. The van der Waals surface area contributed by atoms with E-state index in [9.17, 15) is 0 Å². The predicted molar refractivity (Wildman–Crippen MR) is 186 cm³/mol. The Morgan fingerprint density at radius 3 is 1.71 bits per heavy atom. The molecular weight excluding hydrogens is 547 g/mol. The maximum atomic E-state index is 7.33. The number of aromatic nitrogens is 2. The molecule has 5 aromatic carbocycles. The number of ether oxygens (including phenoxy) is 1. The van der Waals surface area contributed by atoms with Gasteiger partial charge in [0.2, 0.25) is 11.8 Å². The van der Waals surface area contributed by atoms with Crippen molar-refractivity contribution in [2.75, 3.05) is 0 Å². The first-order valence-electron chi connectivity index (χ1n) is 15.7. The lowest BCUT2D eigenvalue weighted by molar-refractivity contribution is 0.432. The van der Waals surface area contributed by atoms with E-state index in [1.165, 1.54) is 38.8 Å². The van der Waals surface area contributed by atoms with Crippen molar-refractivity contribution in [3.63, 3.8) is 0 Å². The molecule has 0 atom stereocenters. The van der Waals surface area contributed by atoms with Gasteiger partial charge in [-0.2, -0.15) is 0 Å². The fraction of sp³-hybridized carbons (Fsp3) is 0.0732. The molecular formula is C41H31BN2O. The summed E-state index contributed by atoms with van der Waals surface area (Å²) in [7, 11) is 0. The molecule has 0 radical (unpaired) electrons. The van der Waals surface area contributed by atoms with Crippen LogP contribution in [0.15, 0.2) is 152 Å². The average molecular weight is 579 g/mol. The molecule has 0 spiro atoms. The number of fused-ring (bicyclic) bond motifs is 4. The second kappa shape index (κ2) is 9.77. The van der Waals surface area contributed by atoms with Gasteiger partial charge in [0.15, 0.2) is 0 Å². The lowest BCUT2D eigenvalue weighted by atomic mass is 9.31. The van der Waals surface area contributed by atoms with E-state index in [2.05, 4.69) is 175 Å². The molecule has 2 aromatic heterocycles. The van der Waals surface area contributed by atoms with Crippen molar-refractivity contribution in [3.05, 3.63) is 163 Å². The Balaban J connectivity index is 1.44. The van der Waals surface area contributed by atoms with Crippen LogP contribution in [0.4, 0.5) is 0 Å². The van der Waals surface area contributed by atoms with Gasteiger partial charge in [0.05, 0.1) is 11.4 Å². The van der Waals surface area contributed by atoms with Gasteiger partial charge in [0.1, 0.15) is 0 Å². The minimum absolute atomic E-state index is 0.0165. The van der Waals surface area contributed by atoms with E-state index in [1.54, 1.807) is 0 Å². The second-order valence-corrected chi connectivity index (χ2v) is 12.6. The minimum Gasteiger partial charge on any atom is -0.425 e. The number of hydrogen-bond acceptors (Lipinski definition) is 1. The maximum absolute atomic E-state index is 7.33. The summed E-state index contributed by atoms with van der Waals surface area (Å²) < 4.78 is 12.0. The Bertz CT molecular complexity index is 2200. The molecule has 3 nitrogen and oxygen atoms in total. The molecule has 45 heavy (non-hydrogen) atoms. The smallest absolute Gasteiger partial charge is 0.256 e. The van der Waals surface area contributed by atoms with Crippen LogP contribution in [0.5, 0.6) is 11.8 Å². The van der Waals surface area contributed by atoms with Gasteiger partial charge in [0.25, 0.3) is 6.71 Å². The van der Waals surface area contributed by atoms with E-state index in [-0.39, 0.29) is 12.1 Å². The monoisotopic (exact) mass is 578 g/mol. The first-order valence-corrected chi connectivity index (χ1v) is 15.7. The number of benzene rings is 5. The molecule has 0 amide bonds. The molecule has 0 fully saturated rings. The van der Waals surface area contributed by atoms with E-state index >= 15 is 0 Å². The van der Waals surface area contributed by atoms with Gasteiger partial charge < -0.3 is 4.74 Å². The molecule has 214 valence electrons. The summed E-state index contributed by atoms with van der Waals surface area (Å²) in [4.78, 5) is 0.